The molecule has 1 atom stereocenters. The van der Waals surface area contributed by atoms with Gasteiger partial charge in [-0.2, -0.15) is 17.7 Å². The first-order valence-corrected chi connectivity index (χ1v) is 7.33. The molecule has 1 aliphatic heterocycles. The Balaban J connectivity index is 2.14. The first kappa shape index (κ1) is 14.2. The van der Waals surface area contributed by atoms with Crippen LogP contribution in [0.1, 0.15) is 19.8 Å². The summed E-state index contributed by atoms with van der Waals surface area (Å²) in [6.07, 6.45) is 4.23. The van der Waals surface area contributed by atoms with E-state index in [0.717, 1.165) is 24.4 Å². The highest BCUT2D eigenvalue weighted by atomic mass is 32.1. The molecule has 1 fully saturated rings. The maximum absolute atomic E-state index is 12.0. The van der Waals surface area contributed by atoms with Gasteiger partial charge in [0.05, 0.1) is 18.4 Å². The number of rotatable bonds is 4. The summed E-state index contributed by atoms with van der Waals surface area (Å²) >= 11 is 4.14. The predicted molar refractivity (Wildman–Crippen MR) is 82.1 cm³/mol. The van der Waals surface area contributed by atoms with E-state index in [1.807, 2.05) is 0 Å². The smallest absolute Gasteiger partial charge is 0.269 e. The van der Waals surface area contributed by atoms with Crippen LogP contribution in [0.4, 0.5) is 5.69 Å². The second-order valence-corrected chi connectivity index (χ2v) is 5.63. The molecule has 2 rings (SSSR count). The number of piperidine rings is 1. The second-order valence-electron chi connectivity index (χ2n) is 5.31. The quantitative estimate of drug-likeness (QED) is 0.676. The van der Waals surface area contributed by atoms with Gasteiger partial charge in [0.25, 0.3) is 5.56 Å². The molecule has 0 N–H and O–H groups in total. The molecule has 0 radical (unpaired) electrons. The maximum Gasteiger partial charge on any atom is 0.269 e. The zero-order valence-corrected chi connectivity index (χ0v) is 12.3. The second kappa shape index (κ2) is 6.28. The lowest BCUT2D eigenvalue weighted by Crippen LogP contribution is -2.35. The van der Waals surface area contributed by atoms with Gasteiger partial charge in [0, 0.05) is 24.9 Å². The van der Waals surface area contributed by atoms with E-state index in [9.17, 15) is 4.79 Å². The van der Waals surface area contributed by atoms with Gasteiger partial charge in [-0.3, -0.25) is 4.79 Å². The molecular formula is C14H21N3OS. The molecule has 1 aromatic heterocycles. The van der Waals surface area contributed by atoms with Crippen molar-refractivity contribution in [2.75, 3.05) is 23.7 Å². The van der Waals surface area contributed by atoms with Crippen molar-refractivity contribution in [3.05, 3.63) is 34.8 Å². The largest absolute Gasteiger partial charge is 0.370 e. The molecule has 1 saturated heterocycles. The molecule has 19 heavy (non-hydrogen) atoms. The van der Waals surface area contributed by atoms with Crippen LogP contribution < -0.4 is 10.5 Å². The Bertz CT molecular complexity index is 512. The van der Waals surface area contributed by atoms with Crippen LogP contribution in [0.25, 0.3) is 0 Å². The minimum absolute atomic E-state index is 0.0707. The van der Waals surface area contributed by atoms with E-state index in [4.69, 9.17) is 0 Å². The maximum atomic E-state index is 12.0. The molecule has 5 heteroatoms. The average molecular weight is 279 g/mol. The summed E-state index contributed by atoms with van der Waals surface area (Å²) in [5.74, 6) is 1.25. The number of anilines is 1. The third-order valence-corrected chi connectivity index (χ3v) is 3.92. The van der Waals surface area contributed by atoms with E-state index in [1.54, 1.807) is 12.3 Å². The summed E-state index contributed by atoms with van der Waals surface area (Å²) < 4.78 is 1.44. The van der Waals surface area contributed by atoms with Crippen molar-refractivity contribution < 1.29 is 0 Å². The molecule has 0 saturated carbocycles. The number of nitrogens with zero attached hydrogens (tertiary/aromatic N) is 3. The Kier molecular flexibility index (Phi) is 4.69. The van der Waals surface area contributed by atoms with Gasteiger partial charge in [-0.25, -0.2) is 4.68 Å². The van der Waals surface area contributed by atoms with Crippen LogP contribution in [0.15, 0.2) is 29.2 Å². The zero-order valence-electron chi connectivity index (χ0n) is 11.4. The lowest BCUT2D eigenvalue weighted by atomic mass is 10.00. The van der Waals surface area contributed by atoms with Crippen molar-refractivity contribution >= 4 is 18.3 Å². The lowest BCUT2D eigenvalue weighted by Gasteiger charge is -2.32. The summed E-state index contributed by atoms with van der Waals surface area (Å²) in [5.41, 5.74) is 1.75. The van der Waals surface area contributed by atoms with Crippen LogP contribution in [0.2, 0.25) is 0 Å². The molecule has 4 nitrogen and oxygen atoms in total. The van der Waals surface area contributed by atoms with E-state index in [1.165, 1.54) is 17.5 Å². The van der Waals surface area contributed by atoms with Crippen LogP contribution in [0.3, 0.4) is 0 Å². The average Bonchev–Trinajstić information content (AvgIpc) is 2.41. The minimum atomic E-state index is -0.0707. The number of aromatic nitrogens is 2. The van der Waals surface area contributed by atoms with E-state index in [-0.39, 0.29) is 5.56 Å². The van der Waals surface area contributed by atoms with E-state index in [2.05, 4.69) is 36.1 Å². The summed E-state index contributed by atoms with van der Waals surface area (Å²) in [4.78, 5) is 14.3. The fourth-order valence-electron chi connectivity index (χ4n) is 2.40. The van der Waals surface area contributed by atoms with Gasteiger partial charge in [0.2, 0.25) is 0 Å². The molecule has 104 valence electrons. The Hall–Kier alpha value is -1.23. The fraction of sp³-hybridized carbons (Fsp3) is 0.571. The number of hydrogen-bond acceptors (Lipinski definition) is 4. The Morgan fingerprint density at radius 2 is 2.42 bits per heavy atom. The monoisotopic (exact) mass is 279 g/mol. The topological polar surface area (TPSA) is 38.1 Å². The standard InChI is InChI=1S/C14H21N3OS/c1-11-4-3-5-16(8-11)13-6-14(18)17(15-7-13)9-12(2)10-19/h6-7,11,19H,2-5,8-10H2,1H3. The third-order valence-electron chi connectivity index (χ3n) is 3.47. The van der Waals surface area contributed by atoms with E-state index < -0.39 is 0 Å². The van der Waals surface area contributed by atoms with Crippen LogP contribution in [0, 0.1) is 5.92 Å². The van der Waals surface area contributed by atoms with Crippen molar-refractivity contribution in [3.63, 3.8) is 0 Å². The minimum Gasteiger partial charge on any atom is -0.370 e. The molecule has 0 spiro atoms. The van der Waals surface area contributed by atoms with Gasteiger partial charge < -0.3 is 4.90 Å². The number of thiol groups is 1. The Morgan fingerprint density at radius 1 is 1.63 bits per heavy atom. The van der Waals surface area contributed by atoms with Crippen molar-refractivity contribution in [2.24, 2.45) is 5.92 Å². The fourth-order valence-corrected chi connectivity index (χ4v) is 2.50. The van der Waals surface area contributed by atoms with Crippen LogP contribution in [-0.4, -0.2) is 28.6 Å². The molecular weight excluding hydrogens is 258 g/mol. The van der Waals surface area contributed by atoms with Gasteiger partial charge >= 0.3 is 0 Å². The molecule has 0 aliphatic carbocycles. The van der Waals surface area contributed by atoms with Gasteiger partial charge in [-0.05, 0) is 24.3 Å². The molecule has 0 bridgehead atoms. The van der Waals surface area contributed by atoms with Gasteiger partial charge in [-0.15, -0.1) is 0 Å². The normalized spacial score (nSPS) is 19.5. The van der Waals surface area contributed by atoms with Crippen molar-refractivity contribution in [1.82, 2.24) is 9.78 Å². The molecule has 1 unspecified atom stereocenters. The molecule has 0 aromatic carbocycles. The van der Waals surface area contributed by atoms with Crippen molar-refractivity contribution in [2.45, 2.75) is 26.3 Å². The Morgan fingerprint density at radius 3 is 3.05 bits per heavy atom. The summed E-state index contributed by atoms with van der Waals surface area (Å²) in [6, 6.07) is 1.68. The predicted octanol–water partition coefficient (Wildman–Crippen LogP) is 1.97. The van der Waals surface area contributed by atoms with E-state index in [0.29, 0.717) is 18.2 Å². The molecule has 1 aliphatic rings. The first-order chi connectivity index (χ1) is 9.10. The summed E-state index contributed by atoms with van der Waals surface area (Å²) in [6.45, 7) is 8.56. The summed E-state index contributed by atoms with van der Waals surface area (Å²) in [7, 11) is 0. The lowest BCUT2D eigenvalue weighted by molar-refractivity contribution is 0.445. The van der Waals surface area contributed by atoms with Gasteiger partial charge in [0.1, 0.15) is 0 Å². The highest BCUT2D eigenvalue weighted by molar-refractivity contribution is 7.80. The number of hydrogen-bond donors (Lipinski definition) is 1. The molecule has 1 aromatic rings. The highest BCUT2D eigenvalue weighted by Gasteiger charge is 2.17. The van der Waals surface area contributed by atoms with Gasteiger partial charge in [-0.1, -0.05) is 13.5 Å². The van der Waals surface area contributed by atoms with Crippen molar-refractivity contribution in [1.29, 1.82) is 0 Å². The summed E-state index contributed by atoms with van der Waals surface area (Å²) in [5, 5.41) is 4.23. The third kappa shape index (κ3) is 3.62. The zero-order chi connectivity index (χ0) is 13.8. The van der Waals surface area contributed by atoms with Crippen LogP contribution >= 0.6 is 12.6 Å². The molecule has 0 amide bonds. The Labute approximate surface area is 119 Å². The first-order valence-electron chi connectivity index (χ1n) is 6.69. The van der Waals surface area contributed by atoms with Crippen LogP contribution in [-0.2, 0) is 6.54 Å². The van der Waals surface area contributed by atoms with E-state index >= 15 is 0 Å². The molecule has 2 heterocycles. The van der Waals surface area contributed by atoms with Crippen molar-refractivity contribution in [3.8, 4) is 0 Å². The highest BCUT2D eigenvalue weighted by Crippen LogP contribution is 2.20. The SMILES string of the molecule is C=C(CS)Cn1ncc(N2CCCC(C)C2)cc1=O. The van der Waals surface area contributed by atoms with Crippen LogP contribution in [0.5, 0.6) is 0 Å². The van der Waals surface area contributed by atoms with Gasteiger partial charge in [0.15, 0.2) is 0 Å².